The van der Waals surface area contributed by atoms with Gasteiger partial charge in [0, 0.05) is 12.8 Å². The van der Waals surface area contributed by atoms with Gasteiger partial charge >= 0.3 is 0 Å². The third kappa shape index (κ3) is 4.39. The Hall–Kier alpha value is -0.950. The maximum Gasteiger partial charge on any atom is 0.217 e. The van der Waals surface area contributed by atoms with Crippen LogP contribution in [0, 0.1) is 0 Å². The highest BCUT2D eigenvalue weighted by Gasteiger charge is 2.11. The Balaban J connectivity index is 2.38. The fourth-order valence-corrected chi connectivity index (χ4v) is 1.71. The van der Waals surface area contributed by atoms with Crippen molar-refractivity contribution in [3.8, 4) is 0 Å². The van der Waals surface area contributed by atoms with Crippen LogP contribution in [0.3, 0.4) is 0 Å². The summed E-state index contributed by atoms with van der Waals surface area (Å²) in [6, 6.07) is 0. The van der Waals surface area contributed by atoms with Crippen molar-refractivity contribution in [1.82, 2.24) is 0 Å². The van der Waals surface area contributed by atoms with E-state index in [0.717, 1.165) is 18.4 Å². The average molecular weight is 225 g/mol. The van der Waals surface area contributed by atoms with E-state index in [4.69, 9.17) is 5.73 Å². The van der Waals surface area contributed by atoms with E-state index in [1.807, 2.05) is 12.2 Å². The smallest absolute Gasteiger partial charge is 0.217 e. The number of carbonyl (C=O) groups is 2. The lowest BCUT2D eigenvalue weighted by Gasteiger charge is -2.10. The molecule has 0 aromatic rings. The molecule has 0 spiro atoms. The van der Waals surface area contributed by atoms with E-state index in [-0.39, 0.29) is 11.7 Å². The first kappa shape index (κ1) is 12.1. The quantitative estimate of drug-likeness (QED) is 0.724. The van der Waals surface area contributed by atoms with Gasteiger partial charge in [-0.15, -0.1) is 9.24 Å². The molecule has 1 rings (SSSR count). The van der Waals surface area contributed by atoms with Gasteiger partial charge in [-0.1, -0.05) is 17.5 Å². The van der Waals surface area contributed by atoms with Crippen molar-refractivity contribution in [1.29, 1.82) is 0 Å². The number of nitrogens with two attached hydrogens (primary N) is 1. The topological polar surface area (TPSA) is 60.2 Å². The van der Waals surface area contributed by atoms with Gasteiger partial charge in [0.1, 0.15) is 0 Å². The summed E-state index contributed by atoms with van der Waals surface area (Å²) in [5.74, 6) is -0.197. The van der Waals surface area contributed by atoms with Gasteiger partial charge in [-0.25, -0.2) is 0 Å². The van der Waals surface area contributed by atoms with E-state index in [0.29, 0.717) is 19.3 Å². The summed E-state index contributed by atoms with van der Waals surface area (Å²) in [7, 11) is 2.65. The third-order valence-electron chi connectivity index (χ3n) is 2.37. The Morgan fingerprint density at radius 3 is 2.53 bits per heavy atom. The monoisotopic (exact) mass is 225 g/mol. The van der Waals surface area contributed by atoms with Crippen LogP contribution in [-0.2, 0) is 9.59 Å². The predicted octanol–water partition coefficient (Wildman–Crippen LogP) is 1.69. The molecule has 0 fully saturated rings. The second kappa shape index (κ2) is 5.82. The minimum atomic E-state index is -0.340. The number of amides is 1. The molecular formula is C11H16NO2P. The molecule has 2 N–H and O–H groups in total. The lowest BCUT2D eigenvalue weighted by atomic mass is 9.97. The molecule has 0 radical (unpaired) electrons. The van der Waals surface area contributed by atoms with Gasteiger partial charge < -0.3 is 5.73 Å². The van der Waals surface area contributed by atoms with E-state index in [9.17, 15) is 9.59 Å². The first-order chi connectivity index (χ1) is 7.09. The number of rotatable bonds is 5. The zero-order valence-electron chi connectivity index (χ0n) is 8.66. The molecule has 0 saturated heterocycles. The molecular weight excluding hydrogens is 209 g/mol. The van der Waals surface area contributed by atoms with Gasteiger partial charge in [-0.2, -0.15) is 0 Å². The molecule has 82 valence electrons. The number of hydrogen-bond donors (Lipinski definition) is 1. The van der Waals surface area contributed by atoms with Crippen molar-refractivity contribution in [2.45, 2.75) is 32.1 Å². The Morgan fingerprint density at radius 2 is 2.00 bits per heavy atom. The molecule has 0 aliphatic heterocycles. The molecule has 1 aliphatic carbocycles. The Bertz CT molecular complexity index is 331. The average Bonchev–Trinajstić information content (AvgIpc) is 2.18. The second-order valence-electron chi connectivity index (χ2n) is 3.68. The molecule has 1 atom stereocenters. The van der Waals surface area contributed by atoms with E-state index in [2.05, 4.69) is 9.24 Å². The zero-order chi connectivity index (χ0) is 11.3. The lowest BCUT2D eigenvalue weighted by molar-refractivity contribution is -0.118. The largest absolute Gasteiger partial charge is 0.370 e. The third-order valence-corrected chi connectivity index (χ3v) is 2.85. The summed E-state index contributed by atoms with van der Waals surface area (Å²) in [5.41, 5.74) is 5.86. The molecule has 0 aromatic carbocycles. The molecule has 0 aromatic heterocycles. The molecule has 0 saturated carbocycles. The van der Waals surface area contributed by atoms with Crippen LogP contribution >= 0.6 is 9.24 Å². The second-order valence-corrected chi connectivity index (χ2v) is 4.42. The normalized spacial score (nSPS) is 15.5. The van der Waals surface area contributed by atoms with E-state index in [1.54, 1.807) is 0 Å². The Labute approximate surface area is 92.0 Å². The van der Waals surface area contributed by atoms with Gasteiger partial charge in [-0.3, -0.25) is 9.59 Å². The van der Waals surface area contributed by atoms with Crippen molar-refractivity contribution in [2.24, 2.45) is 5.73 Å². The van der Waals surface area contributed by atoms with Crippen LogP contribution in [0.5, 0.6) is 0 Å². The van der Waals surface area contributed by atoms with Crippen molar-refractivity contribution in [3.05, 3.63) is 23.0 Å². The SMILES string of the molecule is NC(=O)CCCC(=O)C1=CC=C(P)CC1. The summed E-state index contributed by atoms with van der Waals surface area (Å²) in [6.45, 7) is 0. The Kier molecular flexibility index (Phi) is 4.70. The van der Waals surface area contributed by atoms with Gasteiger partial charge in [0.25, 0.3) is 0 Å². The molecule has 0 heterocycles. The van der Waals surface area contributed by atoms with Crippen molar-refractivity contribution < 1.29 is 9.59 Å². The first-order valence-electron chi connectivity index (χ1n) is 5.06. The van der Waals surface area contributed by atoms with Crippen LogP contribution in [0.1, 0.15) is 32.1 Å². The fourth-order valence-electron chi connectivity index (χ4n) is 1.47. The number of allylic oxidation sites excluding steroid dienone is 4. The number of ketones is 1. The highest BCUT2D eigenvalue weighted by molar-refractivity contribution is 7.22. The number of carbonyl (C=O) groups excluding carboxylic acids is 2. The first-order valence-corrected chi connectivity index (χ1v) is 5.64. The van der Waals surface area contributed by atoms with Crippen LogP contribution in [0.4, 0.5) is 0 Å². The van der Waals surface area contributed by atoms with E-state index in [1.165, 1.54) is 5.31 Å². The van der Waals surface area contributed by atoms with Crippen molar-refractivity contribution >= 4 is 20.9 Å². The number of primary amides is 1. The molecule has 3 nitrogen and oxygen atoms in total. The summed E-state index contributed by atoms with van der Waals surface area (Å²) < 4.78 is 0. The van der Waals surface area contributed by atoms with Gasteiger partial charge in [-0.05, 0) is 24.8 Å². The van der Waals surface area contributed by atoms with Gasteiger partial charge in [0.05, 0.1) is 0 Å². The number of Topliss-reactive ketones (excluding diaryl/α,β-unsaturated/α-hetero) is 1. The maximum absolute atomic E-state index is 11.6. The van der Waals surface area contributed by atoms with Gasteiger partial charge in [0.2, 0.25) is 5.91 Å². The van der Waals surface area contributed by atoms with Crippen LogP contribution in [0.2, 0.25) is 0 Å². The summed E-state index contributed by atoms with van der Waals surface area (Å²) >= 11 is 0. The van der Waals surface area contributed by atoms with Crippen LogP contribution in [0.15, 0.2) is 23.0 Å². The van der Waals surface area contributed by atoms with E-state index < -0.39 is 0 Å². The predicted molar refractivity (Wildman–Crippen MR) is 63.2 cm³/mol. The highest BCUT2D eigenvalue weighted by atomic mass is 31.0. The fraction of sp³-hybridized carbons (Fsp3) is 0.455. The summed E-state index contributed by atoms with van der Waals surface area (Å²) in [5, 5.41) is 1.23. The van der Waals surface area contributed by atoms with Crippen LogP contribution in [-0.4, -0.2) is 11.7 Å². The molecule has 15 heavy (non-hydrogen) atoms. The van der Waals surface area contributed by atoms with Crippen LogP contribution < -0.4 is 5.73 Å². The summed E-state index contributed by atoms with van der Waals surface area (Å²) in [4.78, 5) is 22.1. The summed E-state index contributed by atoms with van der Waals surface area (Å²) in [6.07, 6.45) is 6.85. The minimum Gasteiger partial charge on any atom is -0.370 e. The molecule has 1 amide bonds. The molecule has 0 bridgehead atoms. The van der Waals surface area contributed by atoms with E-state index >= 15 is 0 Å². The van der Waals surface area contributed by atoms with Crippen molar-refractivity contribution in [2.75, 3.05) is 0 Å². The Morgan fingerprint density at radius 1 is 1.27 bits per heavy atom. The molecule has 1 aliphatic rings. The lowest BCUT2D eigenvalue weighted by Crippen LogP contribution is -2.11. The molecule has 1 unspecified atom stereocenters. The van der Waals surface area contributed by atoms with Crippen molar-refractivity contribution in [3.63, 3.8) is 0 Å². The minimum absolute atomic E-state index is 0.144. The maximum atomic E-state index is 11.6. The number of hydrogen-bond acceptors (Lipinski definition) is 2. The standard InChI is InChI=1S/C11H16NO2P/c12-11(14)3-1-2-10(13)8-4-6-9(15)7-5-8/h4,6H,1-3,5,7,15H2,(H2,12,14). The molecule has 4 heteroatoms. The van der Waals surface area contributed by atoms with Gasteiger partial charge in [0.15, 0.2) is 5.78 Å². The van der Waals surface area contributed by atoms with Crippen LogP contribution in [0.25, 0.3) is 0 Å². The highest BCUT2D eigenvalue weighted by Crippen LogP contribution is 2.24. The zero-order valence-corrected chi connectivity index (χ0v) is 9.82.